The average molecular weight is 399 g/mol. The smallest absolute Gasteiger partial charge is 0.263 e. The van der Waals surface area contributed by atoms with Crippen molar-refractivity contribution in [3.8, 4) is 11.1 Å². The quantitative estimate of drug-likeness (QED) is 0.526. The SMILES string of the molecule is Cc1ccc(C(=O)n2ccnc2)cc1-c1ccc2c(N3CCOCC3)nncc2c1. The molecule has 3 heterocycles. The van der Waals surface area contributed by atoms with Gasteiger partial charge >= 0.3 is 0 Å². The summed E-state index contributed by atoms with van der Waals surface area (Å²) < 4.78 is 6.94. The molecule has 30 heavy (non-hydrogen) atoms. The van der Waals surface area contributed by atoms with Crippen LogP contribution in [0.3, 0.4) is 0 Å². The van der Waals surface area contributed by atoms with Crippen molar-refractivity contribution in [3.63, 3.8) is 0 Å². The van der Waals surface area contributed by atoms with Crippen molar-refractivity contribution in [1.29, 1.82) is 0 Å². The van der Waals surface area contributed by atoms with Crippen LogP contribution in [0.2, 0.25) is 0 Å². The third-order valence-corrected chi connectivity index (χ3v) is 5.49. The molecular formula is C23H21N5O2. The van der Waals surface area contributed by atoms with Crippen molar-refractivity contribution < 1.29 is 9.53 Å². The summed E-state index contributed by atoms with van der Waals surface area (Å²) in [7, 11) is 0. The molecule has 150 valence electrons. The molecule has 2 aromatic heterocycles. The van der Waals surface area contributed by atoms with Crippen LogP contribution >= 0.6 is 0 Å². The zero-order valence-corrected chi connectivity index (χ0v) is 16.7. The molecule has 0 atom stereocenters. The maximum atomic E-state index is 12.7. The minimum atomic E-state index is -0.102. The second-order valence-corrected chi connectivity index (χ2v) is 7.37. The van der Waals surface area contributed by atoms with Crippen LogP contribution in [0.4, 0.5) is 5.82 Å². The molecule has 1 aliphatic rings. The van der Waals surface area contributed by atoms with E-state index >= 15 is 0 Å². The zero-order valence-electron chi connectivity index (χ0n) is 16.7. The molecule has 4 aromatic rings. The van der Waals surface area contributed by atoms with Gasteiger partial charge in [-0.2, -0.15) is 5.10 Å². The first-order chi connectivity index (χ1) is 14.7. The van der Waals surface area contributed by atoms with Crippen LogP contribution in [0.1, 0.15) is 15.9 Å². The molecule has 0 radical (unpaired) electrons. The predicted octanol–water partition coefficient (Wildman–Crippen LogP) is 3.33. The second kappa shape index (κ2) is 7.68. The molecule has 0 amide bonds. The predicted molar refractivity (Wildman–Crippen MR) is 115 cm³/mol. The first-order valence-electron chi connectivity index (χ1n) is 9.92. The molecule has 1 saturated heterocycles. The molecule has 1 aliphatic heterocycles. The number of aromatic nitrogens is 4. The molecule has 0 saturated carbocycles. The highest BCUT2D eigenvalue weighted by atomic mass is 16.5. The zero-order chi connectivity index (χ0) is 20.5. The van der Waals surface area contributed by atoms with Crippen LogP contribution in [0.5, 0.6) is 0 Å². The number of morpholine rings is 1. The largest absolute Gasteiger partial charge is 0.378 e. The summed E-state index contributed by atoms with van der Waals surface area (Å²) >= 11 is 0. The summed E-state index contributed by atoms with van der Waals surface area (Å²) in [6, 6.07) is 12.1. The van der Waals surface area contributed by atoms with E-state index in [2.05, 4.69) is 45.2 Å². The number of aryl methyl sites for hydroxylation is 1. The maximum Gasteiger partial charge on any atom is 0.263 e. The second-order valence-electron chi connectivity index (χ2n) is 7.37. The standard InChI is InChI=1S/C23H21N5O2/c1-16-2-3-18(23(29)28-7-6-24-15-28)13-21(16)17-4-5-20-19(12-17)14-25-26-22(20)27-8-10-30-11-9-27/h2-7,12-15H,8-11H2,1H3. The molecule has 1 fully saturated rings. The van der Waals surface area contributed by atoms with E-state index in [0.29, 0.717) is 18.8 Å². The Bertz CT molecular complexity index is 1210. The van der Waals surface area contributed by atoms with Crippen molar-refractivity contribution in [2.75, 3.05) is 31.2 Å². The van der Waals surface area contributed by atoms with Crippen molar-refractivity contribution in [1.82, 2.24) is 19.7 Å². The lowest BCUT2D eigenvalue weighted by Gasteiger charge is -2.28. The third kappa shape index (κ3) is 3.33. The van der Waals surface area contributed by atoms with Gasteiger partial charge in [0, 0.05) is 41.8 Å². The van der Waals surface area contributed by atoms with Gasteiger partial charge in [-0.05, 0) is 47.9 Å². The van der Waals surface area contributed by atoms with Crippen LogP contribution in [-0.4, -0.2) is 52.0 Å². The number of carbonyl (C=O) groups excluding carboxylic acids is 1. The number of nitrogens with zero attached hydrogens (tertiary/aromatic N) is 5. The fraction of sp³-hybridized carbons (Fsp3) is 0.217. The van der Waals surface area contributed by atoms with E-state index in [-0.39, 0.29) is 5.91 Å². The fourth-order valence-corrected chi connectivity index (χ4v) is 3.84. The van der Waals surface area contributed by atoms with Crippen molar-refractivity contribution in [2.45, 2.75) is 6.92 Å². The van der Waals surface area contributed by atoms with Gasteiger partial charge in [0.25, 0.3) is 5.91 Å². The number of benzene rings is 2. The summed E-state index contributed by atoms with van der Waals surface area (Å²) in [5.74, 6) is 0.790. The molecule has 0 bridgehead atoms. The molecule has 0 unspecified atom stereocenters. The van der Waals surface area contributed by atoms with E-state index in [1.54, 1.807) is 18.6 Å². The molecule has 0 aliphatic carbocycles. The van der Waals surface area contributed by atoms with Crippen LogP contribution in [-0.2, 0) is 4.74 Å². The Hall–Kier alpha value is -3.58. The summed E-state index contributed by atoms with van der Waals surface area (Å²) in [6.45, 7) is 5.08. The molecule has 0 N–H and O–H groups in total. The van der Waals surface area contributed by atoms with Crippen molar-refractivity contribution in [3.05, 3.63) is 72.4 Å². The average Bonchev–Trinajstić information content (AvgIpc) is 3.34. The Morgan fingerprint density at radius 3 is 2.77 bits per heavy atom. The Labute approximate surface area is 173 Å². The monoisotopic (exact) mass is 399 g/mol. The Balaban J connectivity index is 1.55. The first kappa shape index (κ1) is 18.4. The Morgan fingerprint density at radius 2 is 1.97 bits per heavy atom. The molecular weight excluding hydrogens is 378 g/mol. The van der Waals surface area contributed by atoms with E-state index in [9.17, 15) is 4.79 Å². The van der Waals surface area contributed by atoms with Gasteiger partial charge in [-0.1, -0.05) is 12.1 Å². The van der Waals surface area contributed by atoms with E-state index in [1.165, 1.54) is 10.9 Å². The molecule has 0 spiro atoms. The summed E-state index contributed by atoms with van der Waals surface area (Å²) in [5, 5.41) is 10.7. The number of hydrogen-bond acceptors (Lipinski definition) is 6. The van der Waals surface area contributed by atoms with Gasteiger partial charge in [0.15, 0.2) is 5.82 Å². The van der Waals surface area contributed by atoms with E-state index < -0.39 is 0 Å². The van der Waals surface area contributed by atoms with Crippen LogP contribution in [0.25, 0.3) is 21.9 Å². The fourth-order valence-electron chi connectivity index (χ4n) is 3.84. The van der Waals surface area contributed by atoms with Crippen molar-refractivity contribution >= 4 is 22.5 Å². The molecule has 7 heteroatoms. The van der Waals surface area contributed by atoms with E-state index in [0.717, 1.165) is 46.4 Å². The summed E-state index contributed by atoms with van der Waals surface area (Å²) in [4.78, 5) is 18.9. The number of hydrogen-bond donors (Lipinski definition) is 0. The summed E-state index contributed by atoms with van der Waals surface area (Å²) in [6.07, 6.45) is 6.56. The highest BCUT2D eigenvalue weighted by molar-refractivity contribution is 5.98. The third-order valence-electron chi connectivity index (χ3n) is 5.49. The van der Waals surface area contributed by atoms with E-state index in [4.69, 9.17) is 4.74 Å². The topological polar surface area (TPSA) is 73.1 Å². The molecule has 7 nitrogen and oxygen atoms in total. The van der Waals surface area contributed by atoms with Gasteiger partial charge in [-0.15, -0.1) is 5.10 Å². The number of ether oxygens (including phenoxy) is 1. The summed E-state index contributed by atoms with van der Waals surface area (Å²) in [5.41, 5.74) is 3.79. The first-order valence-corrected chi connectivity index (χ1v) is 9.92. The Kier molecular flexibility index (Phi) is 4.72. The van der Waals surface area contributed by atoms with Crippen LogP contribution in [0.15, 0.2) is 61.3 Å². The highest BCUT2D eigenvalue weighted by Gasteiger charge is 2.17. The number of rotatable bonds is 3. The van der Waals surface area contributed by atoms with Gasteiger partial charge in [0.05, 0.1) is 19.4 Å². The lowest BCUT2D eigenvalue weighted by molar-refractivity contribution is 0.0960. The number of carbonyl (C=O) groups is 1. The molecule has 5 rings (SSSR count). The Morgan fingerprint density at radius 1 is 1.10 bits per heavy atom. The number of anilines is 1. The van der Waals surface area contributed by atoms with Crippen LogP contribution in [0, 0.1) is 6.92 Å². The minimum Gasteiger partial charge on any atom is -0.378 e. The van der Waals surface area contributed by atoms with Crippen molar-refractivity contribution in [2.24, 2.45) is 0 Å². The highest BCUT2D eigenvalue weighted by Crippen LogP contribution is 2.31. The lowest BCUT2D eigenvalue weighted by atomic mass is 9.96. The van der Waals surface area contributed by atoms with Gasteiger partial charge in [0.2, 0.25) is 0 Å². The molecule has 2 aromatic carbocycles. The minimum absolute atomic E-state index is 0.102. The van der Waals surface area contributed by atoms with Crippen LogP contribution < -0.4 is 4.90 Å². The lowest BCUT2D eigenvalue weighted by Crippen LogP contribution is -2.37. The van der Waals surface area contributed by atoms with Gasteiger partial charge < -0.3 is 9.64 Å². The van der Waals surface area contributed by atoms with Gasteiger partial charge in [-0.25, -0.2) is 4.98 Å². The van der Waals surface area contributed by atoms with Gasteiger partial charge in [-0.3, -0.25) is 9.36 Å². The van der Waals surface area contributed by atoms with E-state index in [1.807, 2.05) is 18.2 Å². The maximum absolute atomic E-state index is 12.7. The number of imidazole rings is 1. The van der Waals surface area contributed by atoms with Gasteiger partial charge in [0.1, 0.15) is 6.33 Å². The normalized spacial score (nSPS) is 14.2. The number of fused-ring (bicyclic) bond motifs is 1.